The SMILES string of the molecule is C/C=C\CCn1c(C(=O)NCc2cnccn2)cnc1CCCC.CC.[HH]. The molecule has 0 spiro atoms. The molecule has 0 aliphatic heterocycles. The molecule has 6 heteroatoms. The van der Waals surface area contributed by atoms with Gasteiger partial charge in [-0.2, -0.15) is 0 Å². The molecule has 144 valence electrons. The maximum atomic E-state index is 12.5. The van der Waals surface area contributed by atoms with Gasteiger partial charge >= 0.3 is 0 Å². The van der Waals surface area contributed by atoms with Crippen LogP contribution >= 0.6 is 0 Å². The monoisotopic (exact) mass is 359 g/mol. The van der Waals surface area contributed by atoms with Crippen molar-refractivity contribution in [3.63, 3.8) is 0 Å². The summed E-state index contributed by atoms with van der Waals surface area (Å²) in [6.45, 7) is 9.27. The van der Waals surface area contributed by atoms with E-state index < -0.39 is 0 Å². The zero-order valence-electron chi connectivity index (χ0n) is 16.4. The number of aromatic nitrogens is 4. The predicted octanol–water partition coefficient (Wildman–Crippen LogP) is 4.18. The molecule has 6 nitrogen and oxygen atoms in total. The second-order valence-electron chi connectivity index (χ2n) is 5.55. The number of nitrogens with one attached hydrogen (secondary N) is 1. The Morgan fingerprint density at radius 2 is 2.08 bits per heavy atom. The quantitative estimate of drug-likeness (QED) is 0.682. The lowest BCUT2D eigenvalue weighted by atomic mass is 10.2. The van der Waals surface area contributed by atoms with E-state index in [2.05, 4.69) is 33.3 Å². The molecule has 26 heavy (non-hydrogen) atoms. The highest BCUT2D eigenvalue weighted by Gasteiger charge is 2.15. The van der Waals surface area contributed by atoms with Gasteiger partial charge in [-0.3, -0.25) is 14.8 Å². The molecule has 0 fully saturated rings. The van der Waals surface area contributed by atoms with Gasteiger partial charge in [-0.25, -0.2) is 4.98 Å². The second kappa shape index (κ2) is 12.8. The van der Waals surface area contributed by atoms with Crippen LogP contribution < -0.4 is 5.32 Å². The molecule has 0 bridgehead atoms. The number of carbonyl (C=O) groups excluding carboxylic acids is 1. The van der Waals surface area contributed by atoms with E-state index in [0.29, 0.717) is 12.2 Å². The highest BCUT2D eigenvalue weighted by Crippen LogP contribution is 2.11. The Labute approximate surface area is 158 Å². The molecule has 0 aliphatic rings. The van der Waals surface area contributed by atoms with Crippen molar-refractivity contribution < 1.29 is 6.22 Å². The fraction of sp³-hybridized carbons (Fsp3) is 0.500. The van der Waals surface area contributed by atoms with Gasteiger partial charge < -0.3 is 9.88 Å². The fourth-order valence-electron chi connectivity index (χ4n) is 2.43. The lowest BCUT2D eigenvalue weighted by Gasteiger charge is -2.11. The maximum absolute atomic E-state index is 12.5. The van der Waals surface area contributed by atoms with Crippen molar-refractivity contribution in [2.45, 2.75) is 66.5 Å². The van der Waals surface area contributed by atoms with Gasteiger partial charge in [0.05, 0.1) is 24.6 Å². The van der Waals surface area contributed by atoms with Crippen LogP contribution in [0.5, 0.6) is 0 Å². The van der Waals surface area contributed by atoms with Crippen molar-refractivity contribution in [1.82, 2.24) is 24.8 Å². The second-order valence-corrected chi connectivity index (χ2v) is 5.55. The molecule has 0 unspecified atom stereocenters. The minimum atomic E-state index is -0.128. The first-order valence-corrected chi connectivity index (χ1v) is 9.44. The smallest absolute Gasteiger partial charge is 0.269 e. The van der Waals surface area contributed by atoms with Gasteiger partial charge in [-0.05, 0) is 19.8 Å². The summed E-state index contributed by atoms with van der Waals surface area (Å²) in [5.74, 6) is 0.849. The van der Waals surface area contributed by atoms with Crippen LogP contribution in [0.25, 0.3) is 0 Å². The van der Waals surface area contributed by atoms with Crippen LogP contribution in [0.4, 0.5) is 0 Å². The summed E-state index contributed by atoms with van der Waals surface area (Å²) in [5, 5.41) is 2.90. The Bertz CT molecular complexity index is 670. The van der Waals surface area contributed by atoms with E-state index in [1.807, 2.05) is 31.4 Å². The number of hydrogen-bond acceptors (Lipinski definition) is 4. The van der Waals surface area contributed by atoms with Crippen LogP contribution in [-0.2, 0) is 19.5 Å². The van der Waals surface area contributed by atoms with E-state index in [4.69, 9.17) is 0 Å². The minimum Gasteiger partial charge on any atom is -0.345 e. The number of rotatable bonds is 9. The van der Waals surface area contributed by atoms with Crippen molar-refractivity contribution in [3.05, 3.63) is 54.2 Å². The highest BCUT2D eigenvalue weighted by molar-refractivity contribution is 5.92. The van der Waals surface area contributed by atoms with Crippen LogP contribution in [0.15, 0.2) is 36.9 Å². The average Bonchev–Trinajstić information content (AvgIpc) is 3.10. The van der Waals surface area contributed by atoms with Gasteiger partial charge in [0, 0.05) is 26.8 Å². The van der Waals surface area contributed by atoms with Crippen molar-refractivity contribution in [3.8, 4) is 0 Å². The summed E-state index contributed by atoms with van der Waals surface area (Å²) in [5.41, 5.74) is 1.34. The molecule has 1 amide bonds. The lowest BCUT2D eigenvalue weighted by Crippen LogP contribution is -2.26. The van der Waals surface area contributed by atoms with Crippen molar-refractivity contribution in [1.29, 1.82) is 0 Å². The summed E-state index contributed by atoms with van der Waals surface area (Å²) in [6.07, 6.45) is 14.6. The van der Waals surface area contributed by atoms with Crippen molar-refractivity contribution in [2.24, 2.45) is 0 Å². The van der Waals surface area contributed by atoms with E-state index in [0.717, 1.165) is 43.7 Å². The van der Waals surface area contributed by atoms with E-state index >= 15 is 0 Å². The molecular weight excluding hydrogens is 326 g/mol. The molecule has 0 saturated heterocycles. The molecule has 0 saturated carbocycles. The van der Waals surface area contributed by atoms with E-state index in [1.54, 1.807) is 24.8 Å². The number of amides is 1. The minimum absolute atomic E-state index is 0. The largest absolute Gasteiger partial charge is 0.345 e. The molecule has 0 atom stereocenters. The van der Waals surface area contributed by atoms with Crippen LogP contribution in [0.1, 0.15) is 70.4 Å². The molecule has 0 aromatic carbocycles. The van der Waals surface area contributed by atoms with Crippen molar-refractivity contribution in [2.75, 3.05) is 0 Å². The summed E-state index contributed by atoms with van der Waals surface area (Å²) in [7, 11) is 0. The van der Waals surface area contributed by atoms with Gasteiger partial charge in [-0.15, -0.1) is 0 Å². The Morgan fingerprint density at radius 1 is 1.27 bits per heavy atom. The van der Waals surface area contributed by atoms with Gasteiger partial charge in [0.25, 0.3) is 5.91 Å². The molecule has 0 aliphatic carbocycles. The summed E-state index contributed by atoms with van der Waals surface area (Å²) < 4.78 is 2.03. The van der Waals surface area contributed by atoms with Gasteiger partial charge in [0.15, 0.2) is 0 Å². The first kappa shape index (κ1) is 21.5. The Balaban J connectivity index is 0.00000218. The lowest BCUT2D eigenvalue weighted by molar-refractivity contribution is 0.0940. The fourth-order valence-corrected chi connectivity index (χ4v) is 2.43. The normalized spacial score (nSPS) is 10.5. The third-order valence-electron chi connectivity index (χ3n) is 3.73. The van der Waals surface area contributed by atoms with Gasteiger partial charge in [0.1, 0.15) is 11.5 Å². The molecular formula is C20H33N5O. The number of carbonyl (C=O) groups is 1. The van der Waals surface area contributed by atoms with Gasteiger partial charge in [0.2, 0.25) is 0 Å². The maximum Gasteiger partial charge on any atom is 0.269 e. The zero-order valence-corrected chi connectivity index (χ0v) is 16.4. The summed E-state index contributed by atoms with van der Waals surface area (Å²) in [6, 6.07) is 0. The Hall–Kier alpha value is -2.50. The van der Waals surface area contributed by atoms with Crippen LogP contribution in [0.3, 0.4) is 0 Å². The Kier molecular flexibility index (Phi) is 10.6. The summed E-state index contributed by atoms with van der Waals surface area (Å²) >= 11 is 0. The van der Waals surface area contributed by atoms with Crippen LogP contribution in [0, 0.1) is 0 Å². The number of unbranched alkanes of at least 4 members (excludes halogenated alkanes) is 1. The standard InChI is InChI=1S/C18H25N5O.C2H6.H2/c1-3-5-7-11-23-16(14-21-17(23)8-6-4-2)18(24)22-13-15-12-19-9-10-20-15;1-2;/h3,5,9-10,12,14H,4,6-8,11,13H2,1-2H3,(H,22,24);1-2H3;1H/b5-3-;;. The van der Waals surface area contributed by atoms with E-state index in [9.17, 15) is 4.79 Å². The van der Waals surface area contributed by atoms with Crippen LogP contribution in [-0.4, -0.2) is 25.4 Å². The number of imidazole rings is 1. The van der Waals surface area contributed by atoms with Gasteiger partial charge in [-0.1, -0.05) is 39.3 Å². The third kappa shape index (κ3) is 6.78. The zero-order chi connectivity index (χ0) is 19.2. The highest BCUT2D eigenvalue weighted by atomic mass is 16.1. The number of aryl methyl sites for hydroxylation is 1. The first-order chi connectivity index (χ1) is 12.8. The molecule has 1 N–H and O–H groups in total. The number of allylic oxidation sites excluding steroid dienone is 2. The first-order valence-electron chi connectivity index (χ1n) is 9.44. The molecule has 2 aromatic rings. The average molecular weight is 360 g/mol. The Morgan fingerprint density at radius 3 is 2.73 bits per heavy atom. The predicted molar refractivity (Wildman–Crippen MR) is 107 cm³/mol. The number of hydrogen-bond donors (Lipinski definition) is 1. The van der Waals surface area contributed by atoms with E-state index in [-0.39, 0.29) is 7.33 Å². The molecule has 2 rings (SSSR count). The van der Waals surface area contributed by atoms with Crippen LogP contribution in [0.2, 0.25) is 0 Å². The summed E-state index contributed by atoms with van der Waals surface area (Å²) in [4.78, 5) is 25.1. The molecule has 2 heterocycles. The van der Waals surface area contributed by atoms with E-state index in [1.165, 1.54) is 0 Å². The number of nitrogens with zero attached hydrogens (tertiary/aromatic N) is 4. The third-order valence-corrected chi connectivity index (χ3v) is 3.73. The topological polar surface area (TPSA) is 72.7 Å². The molecule has 0 radical (unpaired) electrons. The molecule has 2 aromatic heterocycles. The van der Waals surface area contributed by atoms with Crippen molar-refractivity contribution >= 4 is 5.91 Å².